The number of likely N-dealkylation sites (tertiary alicyclic amines) is 1. The maximum Gasteiger partial charge on any atom is 0.420 e. The highest BCUT2D eigenvalue weighted by atomic mass is 19.4. The van der Waals surface area contributed by atoms with Crippen LogP contribution in [0, 0.1) is 0 Å². The molecule has 0 aliphatic carbocycles. The van der Waals surface area contributed by atoms with Crippen LogP contribution >= 0.6 is 0 Å². The number of carbonyl (C=O) groups excluding carboxylic acids is 2. The number of halogens is 3. The summed E-state index contributed by atoms with van der Waals surface area (Å²) in [6, 6.07) is 11.3. The number of benzene rings is 1. The highest BCUT2D eigenvalue weighted by molar-refractivity contribution is 5.77. The van der Waals surface area contributed by atoms with Gasteiger partial charge in [0, 0.05) is 25.7 Å². The van der Waals surface area contributed by atoms with E-state index in [1.807, 2.05) is 30.3 Å². The first-order valence-electron chi connectivity index (χ1n) is 12.0. The Bertz CT molecular complexity index is 1180. The van der Waals surface area contributed by atoms with Crippen molar-refractivity contribution in [3.63, 3.8) is 0 Å². The van der Waals surface area contributed by atoms with Gasteiger partial charge in [0.25, 0.3) is 0 Å². The van der Waals surface area contributed by atoms with Crippen molar-refractivity contribution in [3.05, 3.63) is 65.6 Å². The van der Waals surface area contributed by atoms with E-state index >= 15 is 0 Å². The van der Waals surface area contributed by atoms with Crippen LogP contribution in [-0.4, -0.2) is 44.6 Å². The number of carbonyl (C=O) groups is 2. The molecule has 2 aromatic heterocycles. The van der Waals surface area contributed by atoms with Crippen molar-refractivity contribution < 1.29 is 27.5 Å². The zero-order chi connectivity index (χ0) is 25.5. The fourth-order valence-electron chi connectivity index (χ4n) is 4.40. The van der Waals surface area contributed by atoms with E-state index < -0.39 is 23.9 Å². The van der Waals surface area contributed by atoms with Gasteiger partial charge in [-0.25, -0.2) is 4.79 Å². The first-order valence-corrected chi connectivity index (χ1v) is 12.0. The van der Waals surface area contributed by atoms with Gasteiger partial charge in [-0.05, 0) is 43.4 Å². The third-order valence-corrected chi connectivity index (χ3v) is 6.19. The van der Waals surface area contributed by atoms with Gasteiger partial charge in [0.15, 0.2) is 11.5 Å². The lowest BCUT2D eigenvalue weighted by Gasteiger charge is -2.23. The summed E-state index contributed by atoms with van der Waals surface area (Å²) in [6.45, 7) is 1.19. The van der Waals surface area contributed by atoms with E-state index in [0.717, 1.165) is 24.5 Å². The molecule has 3 heterocycles. The van der Waals surface area contributed by atoms with Crippen molar-refractivity contribution in [2.75, 3.05) is 13.1 Å². The molecule has 36 heavy (non-hydrogen) atoms. The summed E-state index contributed by atoms with van der Waals surface area (Å²) in [7, 11) is 0. The molecule has 0 bridgehead atoms. The Kier molecular flexibility index (Phi) is 8.07. The number of fused-ring (bicyclic) bond motifs is 1. The second-order valence-corrected chi connectivity index (χ2v) is 8.72. The zero-order valence-corrected chi connectivity index (χ0v) is 19.7. The predicted molar refractivity (Wildman–Crippen MR) is 125 cm³/mol. The van der Waals surface area contributed by atoms with E-state index in [9.17, 15) is 22.8 Å². The number of hydrogen-bond acceptors (Lipinski definition) is 5. The fourth-order valence-corrected chi connectivity index (χ4v) is 4.40. The molecule has 1 aliphatic heterocycles. The molecule has 1 atom stereocenters. The Hall–Kier alpha value is -3.63. The van der Waals surface area contributed by atoms with Crippen molar-refractivity contribution in [2.45, 2.75) is 57.3 Å². The number of rotatable bonds is 9. The highest BCUT2D eigenvalue weighted by Crippen LogP contribution is 2.35. The van der Waals surface area contributed by atoms with Crippen LogP contribution in [0.4, 0.5) is 18.0 Å². The second kappa shape index (κ2) is 11.4. The topological polar surface area (TPSA) is 88.8 Å². The molecule has 8 nitrogen and oxygen atoms in total. The Morgan fingerprint density at radius 3 is 2.64 bits per heavy atom. The number of nitrogens with one attached hydrogen (secondary N) is 1. The number of alkyl carbamates (subject to hydrolysis) is 1. The number of unbranched alkanes of at least 4 members (excludes halogenated alkanes) is 2. The molecule has 1 fully saturated rings. The quantitative estimate of drug-likeness (QED) is 0.420. The van der Waals surface area contributed by atoms with Gasteiger partial charge >= 0.3 is 12.3 Å². The van der Waals surface area contributed by atoms with Gasteiger partial charge in [-0.1, -0.05) is 36.8 Å². The molecule has 4 rings (SSSR count). The maximum atomic E-state index is 13.3. The van der Waals surface area contributed by atoms with E-state index in [1.165, 1.54) is 16.7 Å². The molecule has 0 saturated carbocycles. The van der Waals surface area contributed by atoms with E-state index in [2.05, 4.69) is 15.5 Å². The first-order chi connectivity index (χ1) is 17.3. The molecule has 1 unspecified atom stereocenters. The number of amides is 2. The summed E-state index contributed by atoms with van der Waals surface area (Å²) in [5.41, 5.74) is -0.197. The summed E-state index contributed by atoms with van der Waals surface area (Å²) >= 11 is 0. The fraction of sp³-hybridized carbons (Fsp3) is 0.440. The van der Waals surface area contributed by atoms with Crippen molar-refractivity contribution in [3.8, 4) is 0 Å². The Morgan fingerprint density at radius 1 is 1.06 bits per heavy atom. The number of nitrogens with zero attached hydrogens (tertiary/aromatic N) is 4. The predicted octanol–water partition coefficient (Wildman–Crippen LogP) is 4.90. The summed E-state index contributed by atoms with van der Waals surface area (Å²) in [4.78, 5) is 26.3. The van der Waals surface area contributed by atoms with Gasteiger partial charge in [0.2, 0.25) is 5.91 Å². The number of pyridine rings is 1. The molecule has 1 aromatic carbocycles. The lowest BCUT2D eigenvalue weighted by Crippen LogP contribution is -2.31. The van der Waals surface area contributed by atoms with Crippen molar-refractivity contribution in [1.29, 1.82) is 0 Å². The zero-order valence-electron chi connectivity index (χ0n) is 19.7. The summed E-state index contributed by atoms with van der Waals surface area (Å²) in [6.07, 6.45) is 0.254. The van der Waals surface area contributed by atoms with Crippen LogP contribution in [0.1, 0.15) is 61.5 Å². The average molecular weight is 504 g/mol. The molecule has 0 spiro atoms. The minimum absolute atomic E-state index is 0.0588. The SMILES string of the molecule is O=C(NCCCCCC(=O)N1CCCC1c1nnc2c(C(F)(F)F)cccn12)OCc1ccccc1. The van der Waals surface area contributed by atoms with Crippen LogP contribution < -0.4 is 5.32 Å². The molecular weight excluding hydrogens is 475 g/mol. The Morgan fingerprint density at radius 2 is 1.86 bits per heavy atom. The van der Waals surface area contributed by atoms with Gasteiger partial charge in [0.05, 0.1) is 6.04 Å². The van der Waals surface area contributed by atoms with Crippen molar-refractivity contribution in [2.24, 2.45) is 0 Å². The van der Waals surface area contributed by atoms with Crippen LogP contribution in [0.2, 0.25) is 0 Å². The number of alkyl halides is 3. The van der Waals surface area contributed by atoms with Crippen LogP contribution in [-0.2, 0) is 22.3 Å². The van der Waals surface area contributed by atoms with Crippen molar-refractivity contribution >= 4 is 17.6 Å². The van der Waals surface area contributed by atoms with Crippen molar-refractivity contribution in [1.82, 2.24) is 24.8 Å². The molecule has 1 saturated heterocycles. The van der Waals surface area contributed by atoms with Crippen LogP contribution in [0.15, 0.2) is 48.7 Å². The second-order valence-electron chi connectivity index (χ2n) is 8.72. The van der Waals surface area contributed by atoms with Gasteiger partial charge in [0.1, 0.15) is 12.2 Å². The third-order valence-electron chi connectivity index (χ3n) is 6.19. The maximum absolute atomic E-state index is 13.3. The van der Waals surface area contributed by atoms with Crippen LogP contribution in [0.25, 0.3) is 5.65 Å². The minimum Gasteiger partial charge on any atom is -0.445 e. The number of hydrogen-bond donors (Lipinski definition) is 1. The van der Waals surface area contributed by atoms with Crippen LogP contribution in [0.5, 0.6) is 0 Å². The summed E-state index contributed by atoms with van der Waals surface area (Å²) in [5.74, 6) is 0.289. The highest BCUT2D eigenvalue weighted by Gasteiger charge is 2.37. The van der Waals surface area contributed by atoms with Gasteiger partial charge in [-0.3, -0.25) is 9.20 Å². The molecule has 1 aliphatic rings. The largest absolute Gasteiger partial charge is 0.445 e. The molecule has 3 aromatic rings. The smallest absolute Gasteiger partial charge is 0.420 e. The lowest BCUT2D eigenvalue weighted by atomic mass is 10.1. The molecule has 192 valence electrons. The number of ether oxygens (including phenoxy) is 1. The van der Waals surface area contributed by atoms with Crippen LogP contribution in [0.3, 0.4) is 0 Å². The molecule has 11 heteroatoms. The minimum atomic E-state index is -4.54. The molecule has 0 radical (unpaired) electrons. The van der Waals surface area contributed by atoms with Gasteiger partial charge in [-0.2, -0.15) is 13.2 Å². The normalized spacial score (nSPS) is 15.9. The van der Waals surface area contributed by atoms with Gasteiger partial charge < -0.3 is 15.0 Å². The van der Waals surface area contributed by atoms with E-state index in [0.29, 0.717) is 44.6 Å². The van der Waals surface area contributed by atoms with E-state index in [-0.39, 0.29) is 18.2 Å². The van der Waals surface area contributed by atoms with E-state index in [4.69, 9.17) is 4.74 Å². The summed E-state index contributed by atoms with van der Waals surface area (Å²) < 4.78 is 46.4. The summed E-state index contributed by atoms with van der Waals surface area (Å²) in [5, 5.41) is 10.5. The Balaban J connectivity index is 1.22. The monoisotopic (exact) mass is 503 g/mol. The van der Waals surface area contributed by atoms with Gasteiger partial charge in [-0.15, -0.1) is 10.2 Å². The molecule has 2 amide bonds. The van der Waals surface area contributed by atoms with E-state index in [1.54, 1.807) is 4.90 Å². The molecule has 1 N–H and O–H groups in total. The third kappa shape index (κ3) is 6.13. The standard InChI is InChI=1S/C25H28F3N5O3/c26-25(27,28)19-11-7-16-33-22(19)30-31-23(33)20-12-8-15-32(20)21(34)13-5-2-6-14-29-24(35)36-17-18-9-3-1-4-10-18/h1,3-4,7,9-11,16,20H,2,5-6,8,12-15,17H2,(H,29,35). The average Bonchev–Trinajstić information content (AvgIpc) is 3.51. The number of aromatic nitrogens is 3. The Labute approximate surface area is 206 Å². The lowest BCUT2D eigenvalue weighted by molar-refractivity contribution is -0.136. The first kappa shape index (κ1) is 25.5. The molecular formula is C25H28F3N5O3.